The minimum Gasteiger partial charge on any atom is -0.0616 e. The first-order chi connectivity index (χ1) is 21.5. The fourth-order valence-electron chi connectivity index (χ4n) is 6.62. The summed E-state index contributed by atoms with van der Waals surface area (Å²) in [4.78, 5) is 0. The van der Waals surface area contributed by atoms with Gasteiger partial charge in [0, 0.05) is 0 Å². The molecule has 0 atom stereocenters. The van der Waals surface area contributed by atoms with E-state index >= 15 is 0 Å². The van der Waals surface area contributed by atoms with Crippen molar-refractivity contribution < 1.29 is 5.48 Å². The molecule has 0 heteroatoms. The lowest BCUT2D eigenvalue weighted by Gasteiger charge is -2.16. The first kappa shape index (κ1) is 18.2. The van der Waals surface area contributed by atoms with E-state index in [1.54, 1.807) is 0 Å². The molecule has 9 aromatic carbocycles. The summed E-state index contributed by atoms with van der Waals surface area (Å²) in [7, 11) is 0. The van der Waals surface area contributed by atoms with Gasteiger partial charge in [0.05, 0.1) is 5.48 Å². The van der Waals surface area contributed by atoms with E-state index in [4.69, 9.17) is 0 Å². The second kappa shape index (κ2) is 8.15. The van der Waals surface area contributed by atoms with E-state index in [2.05, 4.69) is 78.9 Å². The van der Waals surface area contributed by atoms with Crippen LogP contribution in [0.25, 0.3) is 86.9 Å². The highest BCUT2D eigenvalue weighted by atomic mass is 14.2. The van der Waals surface area contributed by atoms with Gasteiger partial charge in [0.25, 0.3) is 0 Å². The zero-order chi connectivity index (χ0) is 29.7. The monoisotopic (exact) mass is 508 g/mol. The third-order valence-electron chi connectivity index (χ3n) is 8.44. The van der Waals surface area contributed by atoms with Crippen LogP contribution in [0.4, 0.5) is 0 Å². The summed E-state index contributed by atoms with van der Waals surface area (Å²) >= 11 is 0. The zero-order valence-electron chi connectivity index (χ0n) is 25.5. The van der Waals surface area contributed by atoms with Crippen molar-refractivity contribution in [3.63, 3.8) is 0 Å². The smallest absolute Gasteiger partial charge is 0.0616 e. The second-order valence-corrected chi connectivity index (χ2v) is 10.6. The molecular weight excluding hydrogens is 480 g/mol. The van der Waals surface area contributed by atoms with Crippen LogP contribution in [0.3, 0.4) is 0 Å². The molecule has 0 spiro atoms. The van der Waals surface area contributed by atoms with Gasteiger partial charge in [-0.25, -0.2) is 0 Å². The van der Waals surface area contributed by atoms with Gasteiger partial charge in [-0.2, -0.15) is 0 Å². The predicted molar refractivity (Wildman–Crippen MR) is 174 cm³/mol. The summed E-state index contributed by atoms with van der Waals surface area (Å²) < 4.78 is 37.5. The Morgan fingerprint density at radius 2 is 0.925 bits per heavy atom. The standard InChI is InChI=1S/C40H24/c1-3-10-32-25(6-1)18-22-36-37(32)24-31-7-2-4-11-34(31)39(36)29-14-12-26(13-15-29)33-21-19-30-17-16-27-8-5-9-28-20-23-35(33)40(30)38(27)28/h1-24H/i12D,13D,14D,15D. The summed E-state index contributed by atoms with van der Waals surface area (Å²) in [6.45, 7) is 0. The van der Waals surface area contributed by atoms with Gasteiger partial charge in [-0.1, -0.05) is 139 Å². The molecule has 184 valence electrons. The molecule has 40 heavy (non-hydrogen) atoms. The molecule has 0 aliphatic rings. The highest BCUT2D eigenvalue weighted by Gasteiger charge is 2.14. The van der Waals surface area contributed by atoms with Crippen molar-refractivity contribution in [1.82, 2.24) is 0 Å². The third kappa shape index (κ3) is 3.02. The van der Waals surface area contributed by atoms with Crippen LogP contribution in [0.1, 0.15) is 5.48 Å². The van der Waals surface area contributed by atoms with Crippen molar-refractivity contribution in [3.8, 4) is 22.3 Å². The third-order valence-corrected chi connectivity index (χ3v) is 8.44. The minimum absolute atomic E-state index is 0.0297. The predicted octanol–water partition coefficient (Wildman–Crippen LogP) is 11.4. The van der Waals surface area contributed by atoms with Crippen LogP contribution in [0, 0.1) is 0 Å². The molecule has 0 radical (unpaired) electrons. The number of hydrogen-bond donors (Lipinski definition) is 0. The average molecular weight is 509 g/mol. The number of rotatable bonds is 2. The van der Waals surface area contributed by atoms with Crippen LogP contribution >= 0.6 is 0 Å². The van der Waals surface area contributed by atoms with E-state index in [9.17, 15) is 5.48 Å². The quantitative estimate of drug-likeness (QED) is 0.161. The average Bonchev–Trinajstić information content (AvgIpc) is 3.06. The fraction of sp³-hybridized carbons (Fsp3) is 0. The van der Waals surface area contributed by atoms with E-state index in [1.807, 2.05) is 42.5 Å². The van der Waals surface area contributed by atoms with Crippen LogP contribution in [0.5, 0.6) is 0 Å². The maximum atomic E-state index is 9.40. The van der Waals surface area contributed by atoms with Crippen molar-refractivity contribution in [2.24, 2.45) is 0 Å². The molecule has 0 N–H and O–H groups in total. The Labute approximate surface area is 237 Å². The van der Waals surface area contributed by atoms with Crippen molar-refractivity contribution >= 4 is 64.6 Å². The number of benzene rings is 9. The largest absolute Gasteiger partial charge is 0.0629 e. The summed E-state index contributed by atoms with van der Waals surface area (Å²) in [5.74, 6) is 0. The first-order valence-electron chi connectivity index (χ1n) is 15.6. The van der Waals surface area contributed by atoms with E-state index in [0.717, 1.165) is 70.2 Å². The van der Waals surface area contributed by atoms with Gasteiger partial charge in [0.1, 0.15) is 0 Å². The molecule has 0 amide bonds. The fourth-order valence-corrected chi connectivity index (χ4v) is 6.62. The Morgan fingerprint density at radius 3 is 1.75 bits per heavy atom. The van der Waals surface area contributed by atoms with Crippen LogP contribution in [0.2, 0.25) is 0 Å². The van der Waals surface area contributed by atoms with Crippen LogP contribution in [0.15, 0.2) is 145 Å². The van der Waals surface area contributed by atoms with E-state index in [-0.39, 0.29) is 24.2 Å². The van der Waals surface area contributed by atoms with Crippen molar-refractivity contribution in [3.05, 3.63) is 145 Å². The lowest BCUT2D eigenvalue weighted by Crippen LogP contribution is -1.89. The molecule has 9 rings (SSSR count). The Bertz CT molecular complexity index is 2610. The summed E-state index contributed by atoms with van der Waals surface area (Å²) in [5, 5.41) is 12.6. The van der Waals surface area contributed by atoms with Gasteiger partial charge < -0.3 is 0 Å². The van der Waals surface area contributed by atoms with Gasteiger partial charge >= 0.3 is 0 Å². The Kier molecular flexibility index (Phi) is 3.70. The molecule has 0 aliphatic carbocycles. The van der Waals surface area contributed by atoms with Gasteiger partial charge in [-0.3, -0.25) is 0 Å². The van der Waals surface area contributed by atoms with E-state index in [1.165, 1.54) is 0 Å². The van der Waals surface area contributed by atoms with Crippen molar-refractivity contribution in [1.29, 1.82) is 0 Å². The molecule has 0 saturated heterocycles. The van der Waals surface area contributed by atoms with Gasteiger partial charge in [0.15, 0.2) is 0 Å². The molecule has 0 unspecified atom stereocenters. The van der Waals surface area contributed by atoms with E-state index < -0.39 is 0 Å². The molecule has 0 aliphatic heterocycles. The molecule has 0 saturated carbocycles. The minimum atomic E-state index is -0.0301. The summed E-state index contributed by atoms with van der Waals surface area (Å²) in [6.07, 6.45) is 0. The van der Waals surface area contributed by atoms with Crippen molar-refractivity contribution in [2.45, 2.75) is 0 Å². The van der Waals surface area contributed by atoms with Crippen LogP contribution in [-0.4, -0.2) is 0 Å². The lowest BCUT2D eigenvalue weighted by molar-refractivity contribution is 1.65. The number of fused-ring (bicyclic) bond motifs is 4. The van der Waals surface area contributed by atoms with Gasteiger partial charge in [0.2, 0.25) is 0 Å². The van der Waals surface area contributed by atoms with Gasteiger partial charge in [-0.05, 0) is 93.0 Å². The lowest BCUT2D eigenvalue weighted by atomic mass is 9.88. The second-order valence-electron chi connectivity index (χ2n) is 10.6. The maximum Gasteiger partial charge on any atom is 0.0629 e. The Morgan fingerprint density at radius 1 is 0.350 bits per heavy atom. The first-order valence-corrected chi connectivity index (χ1v) is 13.6. The molecule has 9 aromatic rings. The SMILES string of the molecule is [2H]c1c([2H])c(-c2ccc3ccc4cccc5ccc2c3c45)c([2H])c([2H])c1-c1c2ccccc2cc2c1ccc1ccccc12. The molecule has 0 fully saturated rings. The topological polar surface area (TPSA) is 0 Å². The normalized spacial score (nSPS) is 13.4. The molecule has 0 nitrogen and oxygen atoms in total. The zero-order valence-corrected chi connectivity index (χ0v) is 21.5. The summed E-state index contributed by atoms with van der Waals surface area (Å²) in [6, 6.07) is 41.1. The Hall–Kier alpha value is -5.20. The maximum absolute atomic E-state index is 9.40. The van der Waals surface area contributed by atoms with Gasteiger partial charge in [-0.15, -0.1) is 0 Å². The molecule has 0 aromatic heterocycles. The highest BCUT2D eigenvalue weighted by molar-refractivity contribution is 6.25. The summed E-state index contributed by atoms with van der Waals surface area (Å²) in [5.41, 5.74) is 2.12. The van der Waals surface area contributed by atoms with Crippen LogP contribution < -0.4 is 0 Å². The highest BCUT2D eigenvalue weighted by Crippen LogP contribution is 2.42. The molecule has 0 heterocycles. The Balaban J connectivity index is 1.39. The van der Waals surface area contributed by atoms with Crippen LogP contribution in [-0.2, 0) is 0 Å². The molecular formula is C40H24. The van der Waals surface area contributed by atoms with Crippen molar-refractivity contribution in [2.75, 3.05) is 0 Å². The number of hydrogen-bond acceptors (Lipinski definition) is 0. The molecule has 0 bridgehead atoms. The van der Waals surface area contributed by atoms with E-state index in [0.29, 0.717) is 16.7 Å².